The number of alkyl halides is 3. The minimum absolute atomic E-state index is 0.000229. The molecule has 0 aliphatic heterocycles. The second kappa shape index (κ2) is 9.86. The van der Waals surface area contributed by atoms with Crippen molar-refractivity contribution in [3.63, 3.8) is 0 Å². The molecule has 2 N–H and O–H groups in total. The van der Waals surface area contributed by atoms with Crippen LogP contribution < -0.4 is 10.6 Å². The van der Waals surface area contributed by atoms with Crippen LogP contribution in [0.3, 0.4) is 0 Å². The molecule has 0 radical (unpaired) electrons. The van der Waals surface area contributed by atoms with Gasteiger partial charge in [0.1, 0.15) is 0 Å². The molecule has 0 aliphatic rings. The van der Waals surface area contributed by atoms with E-state index in [-0.39, 0.29) is 11.4 Å². The van der Waals surface area contributed by atoms with Crippen molar-refractivity contribution in [1.82, 2.24) is 14.8 Å². The summed E-state index contributed by atoms with van der Waals surface area (Å²) in [5.41, 5.74) is 1.42. The molecule has 164 valence electrons. The topological polar surface area (TPSA) is 71.8 Å². The van der Waals surface area contributed by atoms with Crippen molar-refractivity contribution >= 4 is 29.0 Å². The lowest BCUT2D eigenvalue weighted by Crippen LogP contribution is -2.15. The molecule has 0 saturated carbocycles. The second-order valence-corrected chi connectivity index (χ2v) is 7.72. The van der Waals surface area contributed by atoms with E-state index in [1.807, 2.05) is 42.7 Å². The van der Waals surface area contributed by atoms with Crippen molar-refractivity contribution in [2.45, 2.75) is 38.3 Å². The molecule has 0 bridgehead atoms. The lowest BCUT2D eigenvalue weighted by Gasteiger charge is -2.10. The van der Waals surface area contributed by atoms with Crippen LogP contribution >= 0.6 is 11.8 Å². The molecule has 0 unspecified atom stereocenters. The molecule has 0 saturated heterocycles. The first-order chi connectivity index (χ1) is 14.8. The Morgan fingerprint density at radius 3 is 2.52 bits per heavy atom. The van der Waals surface area contributed by atoms with Crippen LogP contribution in [0.25, 0.3) is 0 Å². The van der Waals surface area contributed by atoms with Crippen molar-refractivity contribution in [2.24, 2.45) is 0 Å². The van der Waals surface area contributed by atoms with E-state index in [0.29, 0.717) is 18.2 Å². The van der Waals surface area contributed by atoms with Gasteiger partial charge in [-0.05, 0) is 44.2 Å². The smallest absolute Gasteiger partial charge is 0.378 e. The van der Waals surface area contributed by atoms with Crippen LogP contribution in [-0.2, 0) is 24.1 Å². The average molecular weight is 450 g/mol. The Hall–Kier alpha value is -3.01. The Balaban J connectivity index is 1.57. The minimum atomic E-state index is -4.46. The molecular formula is C21H22F3N5OS. The fraction of sp³-hybridized carbons (Fsp3) is 0.286. The number of amides is 1. The van der Waals surface area contributed by atoms with Gasteiger partial charge in [0, 0.05) is 17.9 Å². The number of carbonyl (C=O) groups excluding carboxylic acids is 1. The summed E-state index contributed by atoms with van der Waals surface area (Å²) in [5.74, 6) is 0.304. The fourth-order valence-corrected chi connectivity index (χ4v) is 3.65. The molecule has 0 spiro atoms. The van der Waals surface area contributed by atoms with E-state index in [2.05, 4.69) is 20.8 Å². The van der Waals surface area contributed by atoms with Gasteiger partial charge in [-0.15, -0.1) is 10.2 Å². The molecule has 1 heterocycles. The zero-order chi connectivity index (χ0) is 22.4. The van der Waals surface area contributed by atoms with Crippen LogP contribution in [-0.4, -0.2) is 26.4 Å². The van der Waals surface area contributed by atoms with Crippen LogP contribution in [0.4, 0.5) is 24.5 Å². The Morgan fingerprint density at radius 1 is 1.10 bits per heavy atom. The van der Waals surface area contributed by atoms with E-state index in [1.54, 1.807) is 0 Å². The van der Waals surface area contributed by atoms with Crippen LogP contribution in [0.15, 0.2) is 53.7 Å². The summed E-state index contributed by atoms with van der Waals surface area (Å²) in [6.45, 7) is 5.06. The molecule has 3 aromatic rings. The highest BCUT2D eigenvalue weighted by Gasteiger charge is 2.30. The molecule has 0 atom stereocenters. The van der Waals surface area contributed by atoms with Gasteiger partial charge in [0.2, 0.25) is 5.91 Å². The summed E-state index contributed by atoms with van der Waals surface area (Å²) < 4.78 is 40.3. The predicted octanol–water partition coefficient (Wildman–Crippen LogP) is 4.97. The normalized spacial score (nSPS) is 11.4. The van der Waals surface area contributed by atoms with Crippen LogP contribution in [0.2, 0.25) is 0 Å². The third kappa shape index (κ3) is 6.24. The highest BCUT2D eigenvalue weighted by molar-refractivity contribution is 7.99. The third-order valence-electron chi connectivity index (χ3n) is 4.42. The highest BCUT2D eigenvalue weighted by Crippen LogP contribution is 2.30. The number of nitrogens with one attached hydrogen (secondary N) is 2. The lowest BCUT2D eigenvalue weighted by atomic mass is 10.2. The molecule has 3 rings (SSSR count). The van der Waals surface area contributed by atoms with Gasteiger partial charge in [0.15, 0.2) is 11.0 Å². The highest BCUT2D eigenvalue weighted by atomic mass is 32.2. The number of aromatic nitrogens is 3. The van der Waals surface area contributed by atoms with Crippen molar-refractivity contribution in [2.75, 3.05) is 16.4 Å². The van der Waals surface area contributed by atoms with Gasteiger partial charge in [-0.25, -0.2) is 0 Å². The number of carbonyl (C=O) groups is 1. The number of thioether (sulfide) groups is 1. The lowest BCUT2D eigenvalue weighted by molar-refractivity contribution is -0.137. The van der Waals surface area contributed by atoms with E-state index in [9.17, 15) is 18.0 Å². The van der Waals surface area contributed by atoms with Gasteiger partial charge in [0.25, 0.3) is 0 Å². The first kappa shape index (κ1) is 22.7. The third-order valence-corrected chi connectivity index (χ3v) is 5.38. The molecule has 2 aromatic carbocycles. The van der Waals surface area contributed by atoms with Gasteiger partial charge in [0.05, 0.1) is 17.9 Å². The number of anilines is 2. The Labute approximate surface area is 182 Å². The largest absolute Gasteiger partial charge is 0.416 e. The van der Waals surface area contributed by atoms with Gasteiger partial charge < -0.3 is 15.2 Å². The maximum Gasteiger partial charge on any atom is 0.416 e. The molecule has 1 aromatic heterocycles. The van der Waals surface area contributed by atoms with E-state index < -0.39 is 17.6 Å². The predicted molar refractivity (Wildman–Crippen MR) is 115 cm³/mol. The number of aryl methyl sites for hydroxylation is 1. The maximum atomic E-state index is 12.8. The van der Waals surface area contributed by atoms with Gasteiger partial charge >= 0.3 is 6.18 Å². The average Bonchev–Trinajstić information content (AvgIpc) is 3.13. The number of hydrogen-bond acceptors (Lipinski definition) is 5. The molecule has 10 heteroatoms. The summed E-state index contributed by atoms with van der Waals surface area (Å²) in [6.07, 6.45) is -4.46. The number of halogens is 3. The fourth-order valence-electron chi connectivity index (χ4n) is 2.83. The molecular weight excluding hydrogens is 427 g/mol. The maximum absolute atomic E-state index is 12.8. The number of rotatable bonds is 8. The summed E-state index contributed by atoms with van der Waals surface area (Å²) in [5, 5.41) is 14.7. The van der Waals surface area contributed by atoms with Crippen LogP contribution in [0.1, 0.15) is 23.9 Å². The number of hydrogen-bond donors (Lipinski definition) is 2. The van der Waals surface area contributed by atoms with Crippen molar-refractivity contribution in [1.29, 1.82) is 0 Å². The molecule has 0 aliphatic carbocycles. The zero-order valence-electron chi connectivity index (χ0n) is 17.0. The monoisotopic (exact) mass is 449 g/mol. The second-order valence-electron chi connectivity index (χ2n) is 6.78. The van der Waals surface area contributed by atoms with Gasteiger partial charge in [-0.2, -0.15) is 13.2 Å². The van der Waals surface area contributed by atoms with Gasteiger partial charge in [-0.3, -0.25) is 4.79 Å². The Morgan fingerprint density at radius 2 is 1.84 bits per heavy atom. The summed E-state index contributed by atoms with van der Waals surface area (Å²) in [6, 6.07) is 12.5. The zero-order valence-corrected chi connectivity index (χ0v) is 17.8. The molecule has 6 nitrogen and oxygen atoms in total. The first-order valence-corrected chi connectivity index (χ1v) is 10.6. The van der Waals surface area contributed by atoms with Crippen LogP contribution in [0, 0.1) is 6.92 Å². The molecule has 31 heavy (non-hydrogen) atoms. The quantitative estimate of drug-likeness (QED) is 0.475. The van der Waals surface area contributed by atoms with Crippen molar-refractivity contribution < 1.29 is 18.0 Å². The Bertz CT molecular complexity index is 1030. The minimum Gasteiger partial charge on any atom is -0.378 e. The van der Waals surface area contributed by atoms with E-state index in [1.165, 1.54) is 29.5 Å². The number of benzene rings is 2. The van der Waals surface area contributed by atoms with E-state index in [4.69, 9.17) is 0 Å². The number of nitrogens with zero attached hydrogens (tertiary/aromatic N) is 3. The van der Waals surface area contributed by atoms with E-state index in [0.717, 1.165) is 23.6 Å². The van der Waals surface area contributed by atoms with Gasteiger partial charge in [-0.1, -0.05) is 35.5 Å². The molecule has 0 fully saturated rings. The van der Waals surface area contributed by atoms with Crippen LogP contribution in [0.5, 0.6) is 0 Å². The summed E-state index contributed by atoms with van der Waals surface area (Å²) >= 11 is 1.18. The van der Waals surface area contributed by atoms with Crippen molar-refractivity contribution in [3.8, 4) is 0 Å². The van der Waals surface area contributed by atoms with E-state index >= 15 is 0 Å². The van der Waals surface area contributed by atoms with Crippen molar-refractivity contribution in [3.05, 3.63) is 65.5 Å². The SMILES string of the molecule is CCn1c(CNc2ccc(C)cc2)nnc1SCC(=O)Nc1cccc(C(F)(F)F)c1. The summed E-state index contributed by atoms with van der Waals surface area (Å²) in [4.78, 5) is 12.2. The molecule has 1 amide bonds. The summed E-state index contributed by atoms with van der Waals surface area (Å²) in [7, 11) is 0. The Kier molecular flexibility index (Phi) is 7.21. The standard InChI is InChI=1S/C21H22F3N5OS/c1-3-29-18(12-25-16-9-7-14(2)8-10-16)27-28-20(29)31-13-19(30)26-17-6-4-5-15(11-17)21(22,23)24/h4-11,25H,3,12-13H2,1-2H3,(H,26,30). The first-order valence-electron chi connectivity index (χ1n) is 9.59.